The molecule has 1 N–H and O–H groups in total. The molecule has 0 spiro atoms. The van der Waals surface area contributed by atoms with Gasteiger partial charge >= 0.3 is 0 Å². The molecule has 2 nitrogen and oxygen atoms in total. The van der Waals surface area contributed by atoms with E-state index in [0.29, 0.717) is 0 Å². The fourth-order valence-electron chi connectivity index (χ4n) is 3.00. The van der Waals surface area contributed by atoms with Crippen LogP contribution in [-0.4, -0.2) is 7.05 Å². The Balaban J connectivity index is 2.54. The van der Waals surface area contributed by atoms with Gasteiger partial charge in [0.25, 0.3) is 0 Å². The van der Waals surface area contributed by atoms with Crippen LogP contribution in [-0.2, 0) is 6.42 Å². The SMILES string of the molecule is CCc1occc1C(NC)c1c(C)cc(C)cc1C. The lowest BCUT2D eigenvalue weighted by molar-refractivity contribution is 0.504. The minimum Gasteiger partial charge on any atom is -0.469 e. The lowest BCUT2D eigenvalue weighted by Crippen LogP contribution is -2.20. The molecule has 2 heteroatoms. The van der Waals surface area contributed by atoms with Crippen molar-refractivity contribution in [1.82, 2.24) is 5.32 Å². The summed E-state index contributed by atoms with van der Waals surface area (Å²) < 4.78 is 5.58. The molecule has 102 valence electrons. The van der Waals surface area contributed by atoms with Crippen LogP contribution in [0, 0.1) is 20.8 Å². The van der Waals surface area contributed by atoms with Crippen molar-refractivity contribution in [2.24, 2.45) is 0 Å². The molecule has 1 heterocycles. The van der Waals surface area contributed by atoms with Crippen molar-refractivity contribution < 1.29 is 4.42 Å². The Morgan fingerprint density at radius 1 is 1.16 bits per heavy atom. The first-order chi connectivity index (χ1) is 9.08. The molecule has 1 atom stereocenters. The molecular formula is C17H23NO. The largest absolute Gasteiger partial charge is 0.469 e. The Labute approximate surface area is 115 Å². The molecule has 0 saturated heterocycles. The maximum Gasteiger partial charge on any atom is 0.108 e. The number of nitrogens with one attached hydrogen (secondary N) is 1. The third-order valence-corrected chi connectivity index (χ3v) is 3.73. The van der Waals surface area contributed by atoms with Gasteiger partial charge in [0.2, 0.25) is 0 Å². The highest BCUT2D eigenvalue weighted by atomic mass is 16.3. The van der Waals surface area contributed by atoms with Crippen LogP contribution in [0.4, 0.5) is 0 Å². The smallest absolute Gasteiger partial charge is 0.108 e. The minimum absolute atomic E-state index is 0.203. The molecule has 0 radical (unpaired) electrons. The summed E-state index contributed by atoms with van der Waals surface area (Å²) >= 11 is 0. The molecule has 1 aromatic carbocycles. The molecule has 0 bridgehead atoms. The summed E-state index contributed by atoms with van der Waals surface area (Å²) in [4.78, 5) is 0. The van der Waals surface area contributed by atoms with Gasteiger partial charge in [-0.15, -0.1) is 0 Å². The Morgan fingerprint density at radius 2 is 1.79 bits per heavy atom. The minimum atomic E-state index is 0.203. The molecule has 2 rings (SSSR count). The van der Waals surface area contributed by atoms with Gasteiger partial charge in [0.15, 0.2) is 0 Å². The summed E-state index contributed by atoms with van der Waals surface area (Å²) in [6.07, 6.45) is 2.71. The van der Waals surface area contributed by atoms with Crippen molar-refractivity contribution in [2.75, 3.05) is 7.05 Å². The van der Waals surface area contributed by atoms with Crippen LogP contribution in [0.3, 0.4) is 0 Å². The average Bonchev–Trinajstić information content (AvgIpc) is 2.81. The lowest BCUT2D eigenvalue weighted by Gasteiger charge is -2.22. The van der Waals surface area contributed by atoms with E-state index in [1.165, 1.54) is 27.8 Å². The fraction of sp³-hybridized carbons (Fsp3) is 0.412. The molecule has 0 aliphatic heterocycles. The monoisotopic (exact) mass is 257 g/mol. The second-order valence-electron chi connectivity index (χ2n) is 5.19. The van der Waals surface area contributed by atoms with Crippen molar-refractivity contribution >= 4 is 0 Å². The van der Waals surface area contributed by atoms with Crippen LogP contribution in [0.1, 0.15) is 46.5 Å². The first-order valence-corrected chi connectivity index (χ1v) is 6.89. The highest BCUT2D eigenvalue weighted by Gasteiger charge is 2.20. The van der Waals surface area contributed by atoms with Crippen molar-refractivity contribution in [3.63, 3.8) is 0 Å². The van der Waals surface area contributed by atoms with Gasteiger partial charge in [-0.05, 0) is 50.6 Å². The maximum absolute atomic E-state index is 5.58. The van der Waals surface area contributed by atoms with E-state index in [0.717, 1.165) is 12.2 Å². The molecule has 0 amide bonds. The molecule has 1 unspecified atom stereocenters. The molecule has 2 aromatic rings. The van der Waals surface area contributed by atoms with Crippen molar-refractivity contribution in [1.29, 1.82) is 0 Å². The van der Waals surface area contributed by atoms with Gasteiger partial charge in [0, 0.05) is 12.0 Å². The van der Waals surface area contributed by atoms with Gasteiger partial charge in [-0.2, -0.15) is 0 Å². The molecule has 0 fully saturated rings. The Kier molecular flexibility index (Phi) is 4.11. The van der Waals surface area contributed by atoms with E-state index in [1.807, 2.05) is 7.05 Å². The van der Waals surface area contributed by atoms with E-state index in [4.69, 9.17) is 4.42 Å². The quantitative estimate of drug-likeness (QED) is 0.893. The lowest BCUT2D eigenvalue weighted by atomic mass is 9.90. The molecule has 0 aliphatic carbocycles. The molecule has 0 aliphatic rings. The summed E-state index contributed by atoms with van der Waals surface area (Å²) in [5.74, 6) is 1.07. The number of benzene rings is 1. The second kappa shape index (κ2) is 5.62. The molecular weight excluding hydrogens is 234 g/mol. The first-order valence-electron chi connectivity index (χ1n) is 6.89. The maximum atomic E-state index is 5.58. The van der Waals surface area contributed by atoms with Crippen LogP contribution < -0.4 is 5.32 Å². The van der Waals surface area contributed by atoms with E-state index in [-0.39, 0.29) is 6.04 Å². The number of hydrogen-bond acceptors (Lipinski definition) is 2. The van der Waals surface area contributed by atoms with E-state index < -0.39 is 0 Å². The zero-order chi connectivity index (χ0) is 14.0. The Bertz CT molecular complexity index is 545. The van der Waals surface area contributed by atoms with Gasteiger partial charge < -0.3 is 9.73 Å². The van der Waals surface area contributed by atoms with Crippen LogP contribution in [0.15, 0.2) is 28.9 Å². The molecule has 1 aromatic heterocycles. The zero-order valence-corrected chi connectivity index (χ0v) is 12.5. The number of aryl methyl sites for hydroxylation is 4. The average molecular weight is 257 g/mol. The number of furan rings is 1. The number of hydrogen-bond donors (Lipinski definition) is 1. The Morgan fingerprint density at radius 3 is 2.32 bits per heavy atom. The van der Waals surface area contributed by atoms with Gasteiger partial charge in [0.1, 0.15) is 5.76 Å². The van der Waals surface area contributed by atoms with Crippen molar-refractivity contribution in [2.45, 2.75) is 40.2 Å². The summed E-state index contributed by atoms with van der Waals surface area (Å²) in [6, 6.07) is 6.78. The van der Waals surface area contributed by atoms with E-state index in [2.05, 4.69) is 51.2 Å². The predicted octanol–water partition coefficient (Wildman–Crippen LogP) is 4.08. The van der Waals surface area contributed by atoms with Crippen molar-refractivity contribution in [3.05, 3.63) is 58.0 Å². The Hall–Kier alpha value is -1.54. The molecule has 19 heavy (non-hydrogen) atoms. The fourth-order valence-corrected chi connectivity index (χ4v) is 3.00. The summed E-state index contributed by atoms with van der Waals surface area (Å²) in [6.45, 7) is 8.65. The molecule has 0 saturated carbocycles. The van der Waals surface area contributed by atoms with Gasteiger partial charge in [-0.1, -0.05) is 24.6 Å². The van der Waals surface area contributed by atoms with E-state index in [9.17, 15) is 0 Å². The number of rotatable bonds is 4. The van der Waals surface area contributed by atoms with Crippen LogP contribution >= 0.6 is 0 Å². The van der Waals surface area contributed by atoms with Gasteiger partial charge in [-0.3, -0.25) is 0 Å². The van der Waals surface area contributed by atoms with E-state index in [1.54, 1.807) is 6.26 Å². The highest BCUT2D eigenvalue weighted by molar-refractivity contribution is 5.44. The van der Waals surface area contributed by atoms with Crippen molar-refractivity contribution in [3.8, 4) is 0 Å². The zero-order valence-electron chi connectivity index (χ0n) is 12.5. The topological polar surface area (TPSA) is 25.2 Å². The third-order valence-electron chi connectivity index (χ3n) is 3.73. The van der Waals surface area contributed by atoms with Crippen LogP contribution in [0.25, 0.3) is 0 Å². The van der Waals surface area contributed by atoms with E-state index >= 15 is 0 Å². The summed E-state index contributed by atoms with van der Waals surface area (Å²) in [7, 11) is 2.01. The van der Waals surface area contributed by atoms with Gasteiger partial charge in [0.05, 0.1) is 12.3 Å². The highest BCUT2D eigenvalue weighted by Crippen LogP contribution is 2.31. The summed E-state index contributed by atoms with van der Waals surface area (Å²) in [5.41, 5.74) is 6.60. The third kappa shape index (κ3) is 2.59. The van der Waals surface area contributed by atoms with Crippen LogP contribution in [0.2, 0.25) is 0 Å². The normalized spacial score (nSPS) is 12.7. The van der Waals surface area contributed by atoms with Crippen LogP contribution in [0.5, 0.6) is 0 Å². The standard InChI is InChI=1S/C17H23NO/c1-6-15-14(7-8-19-15)17(18-5)16-12(3)9-11(2)10-13(16)4/h7-10,17-18H,6H2,1-5H3. The second-order valence-corrected chi connectivity index (χ2v) is 5.19. The predicted molar refractivity (Wildman–Crippen MR) is 79.6 cm³/mol. The first kappa shape index (κ1) is 13.9. The van der Waals surface area contributed by atoms with Gasteiger partial charge in [-0.25, -0.2) is 0 Å². The summed E-state index contributed by atoms with van der Waals surface area (Å²) in [5, 5.41) is 3.44.